The maximum absolute atomic E-state index is 10.4. The Labute approximate surface area is 75.6 Å². The number of thioether (sulfide) groups is 1. The quantitative estimate of drug-likeness (QED) is 0.575. The zero-order valence-corrected chi connectivity index (χ0v) is 7.60. The van der Waals surface area contributed by atoms with Gasteiger partial charge in [-0.05, 0) is 17.9 Å². The smallest absolute Gasteiger partial charge is 0.153 e. The van der Waals surface area contributed by atoms with E-state index in [1.807, 2.05) is 6.92 Å². The number of para-hydroxylation sites is 1. The van der Waals surface area contributed by atoms with Gasteiger partial charge < -0.3 is 5.11 Å². The van der Waals surface area contributed by atoms with Crippen LogP contribution in [0.25, 0.3) is 0 Å². The van der Waals surface area contributed by atoms with Crippen LogP contribution in [0.15, 0.2) is 23.1 Å². The molecule has 0 amide bonds. The lowest BCUT2D eigenvalue weighted by Gasteiger charge is -2.03. The molecule has 0 aromatic heterocycles. The fourth-order valence-electron chi connectivity index (χ4n) is 0.906. The summed E-state index contributed by atoms with van der Waals surface area (Å²) in [4.78, 5) is 11.2. The van der Waals surface area contributed by atoms with E-state index in [9.17, 15) is 9.90 Å². The minimum absolute atomic E-state index is 0.0966. The number of benzene rings is 1. The van der Waals surface area contributed by atoms with Gasteiger partial charge in [-0.2, -0.15) is 0 Å². The second kappa shape index (κ2) is 4.16. The van der Waals surface area contributed by atoms with Gasteiger partial charge in [0.2, 0.25) is 0 Å². The van der Waals surface area contributed by atoms with E-state index < -0.39 is 0 Å². The molecule has 1 aromatic carbocycles. The van der Waals surface area contributed by atoms with E-state index in [4.69, 9.17) is 0 Å². The molecule has 0 spiro atoms. The van der Waals surface area contributed by atoms with Crippen LogP contribution in [-0.4, -0.2) is 17.1 Å². The molecule has 0 aliphatic carbocycles. The maximum Gasteiger partial charge on any atom is 0.153 e. The molecule has 0 saturated heterocycles. The number of aromatic hydroxyl groups is 1. The van der Waals surface area contributed by atoms with Crippen LogP contribution >= 0.6 is 11.8 Å². The number of rotatable bonds is 3. The van der Waals surface area contributed by atoms with Gasteiger partial charge in [0, 0.05) is 4.90 Å². The highest BCUT2D eigenvalue weighted by Gasteiger charge is 2.04. The largest absolute Gasteiger partial charge is 0.506 e. The standard InChI is InChI=1S/C9H10O2S/c1-2-12-8-5-3-4-7(6-10)9(8)11/h3-6,11H,2H2,1H3. The van der Waals surface area contributed by atoms with Crippen molar-refractivity contribution in [1.29, 1.82) is 0 Å². The van der Waals surface area contributed by atoms with Crippen LogP contribution in [0.5, 0.6) is 5.75 Å². The molecule has 1 rings (SSSR count). The summed E-state index contributed by atoms with van der Waals surface area (Å²) in [6.45, 7) is 2.00. The average molecular weight is 182 g/mol. The Morgan fingerprint density at radius 1 is 1.58 bits per heavy atom. The molecule has 12 heavy (non-hydrogen) atoms. The summed E-state index contributed by atoms with van der Waals surface area (Å²) in [5.74, 6) is 0.981. The average Bonchev–Trinajstić information content (AvgIpc) is 2.09. The Morgan fingerprint density at radius 2 is 2.33 bits per heavy atom. The van der Waals surface area contributed by atoms with Gasteiger partial charge in [-0.25, -0.2) is 0 Å². The van der Waals surface area contributed by atoms with Crippen molar-refractivity contribution in [2.45, 2.75) is 11.8 Å². The van der Waals surface area contributed by atoms with Crippen molar-refractivity contribution in [3.63, 3.8) is 0 Å². The molecule has 1 N–H and O–H groups in total. The van der Waals surface area contributed by atoms with E-state index in [1.54, 1.807) is 18.2 Å². The molecule has 3 heteroatoms. The Kier molecular flexibility index (Phi) is 3.17. The summed E-state index contributed by atoms with van der Waals surface area (Å²) in [7, 11) is 0. The first kappa shape index (κ1) is 9.13. The first-order valence-electron chi connectivity index (χ1n) is 3.69. The summed E-state index contributed by atoms with van der Waals surface area (Å²) >= 11 is 1.52. The van der Waals surface area contributed by atoms with E-state index in [1.165, 1.54) is 11.8 Å². The molecule has 0 aliphatic rings. The molecule has 64 valence electrons. The first-order valence-corrected chi connectivity index (χ1v) is 4.68. The summed E-state index contributed by atoms with van der Waals surface area (Å²) in [5.41, 5.74) is 0.355. The van der Waals surface area contributed by atoms with Crippen molar-refractivity contribution in [3.8, 4) is 5.75 Å². The molecule has 0 radical (unpaired) electrons. The van der Waals surface area contributed by atoms with Crippen molar-refractivity contribution in [2.75, 3.05) is 5.75 Å². The van der Waals surface area contributed by atoms with Crippen LogP contribution < -0.4 is 0 Å². The minimum Gasteiger partial charge on any atom is -0.506 e. The predicted octanol–water partition coefficient (Wildman–Crippen LogP) is 2.32. The topological polar surface area (TPSA) is 37.3 Å². The van der Waals surface area contributed by atoms with E-state index in [0.29, 0.717) is 11.8 Å². The van der Waals surface area contributed by atoms with Gasteiger partial charge in [-0.15, -0.1) is 11.8 Å². The van der Waals surface area contributed by atoms with Crippen LogP contribution in [0.4, 0.5) is 0 Å². The van der Waals surface area contributed by atoms with Gasteiger partial charge in [0.05, 0.1) is 5.56 Å². The Hall–Kier alpha value is -0.960. The highest BCUT2D eigenvalue weighted by molar-refractivity contribution is 7.99. The van der Waals surface area contributed by atoms with Crippen LogP contribution in [0.1, 0.15) is 17.3 Å². The number of aldehydes is 1. The van der Waals surface area contributed by atoms with Gasteiger partial charge in [-0.1, -0.05) is 13.0 Å². The molecule has 0 fully saturated rings. The Bertz CT molecular complexity index is 284. The second-order valence-electron chi connectivity index (χ2n) is 2.24. The zero-order chi connectivity index (χ0) is 8.97. The lowest BCUT2D eigenvalue weighted by atomic mass is 10.2. The SMILES string of the molecule is CCSc1cccc(C=O)c1O. The van der Waals surface area contributed by atoms with Gasteiger partial charge in [0.15, 0.2) is 6.29 Å². The third kappa shape index (κ3) is 1.80. The molecular formula is C9H10O2S. The number of carbonyl (C=O) groups is 1. The van der Waals surface area contributed by atoms with Crippen LogP contribution in [0, 0.1) is 0 Å². The molecule has 1 aromatic rings. The number of hydrogen-bond acceptors (Lipinski definition) is 3. The fraction of sp³-hybridized carbons (Fsp3) is 0.222. The van der Waals surface area contributed by atoms with Crippen molar-refractivity contribution >= 4 is 18.0 Å². The Morgan fingerprint density at radius 3 is 2.92 bits per heavy atom. The lowest BCUT2D eigenvalue weighted by molar-refractivity contribution is 0.112. The second-order valence-corrected chi connectivity index (χ2v) is 3.55. The monoisotopic (exact) mass is 182 g/mol. The number of carbonyl (C=O) groups excluding carboxylic acids is 1. The van der Waals surface area contributed by atoms with Crippen LogP contribution in [0.2, 0.25) is 0 Å². The lowest BCUT2D eigenvalue weighted by Crippen LogP contribution is -1.83. The number of hydrogen-bond donors (Lipinski definition) is 1. The molecule has 2 nitrogen and oxygen atoms in total. The summed E-state index contributed by atoms with van der Waals surface area (Å²) in [5, 5.41) is 9.47. The first-order chi connectivity index (χ1) is 5.79. The third-order valence-corrected chi connectivity index (χ3v) is 2.39. The normalized spacial score (nSPS) is 9.75. The highest BCUT2D eigenvalue weighted by Crippen LogP contribution is 2.30. The van der Waals surface area contributed by atoms with Crippen molar-refractivity contribution < 1.29 is 9.90 Å². The third-order valence-electron chi connectivity index (χ3n) is 1.46. The highest BCUT2D eigenvalue weighted by atomic mass is 32.2. The van der Waals surface area contributed by atoms with Gasteiger partial charge in [-0.3, -0.25) is 4.79 Å². The number of phenolic OH excluding ortho intramolecular Hbond substituents is 1. The van der Waals surface area contributed by atoms with E-state index in [2.05, 4.69) is 0 Å². The van der Waals surface area contributed by atoms with Crippen molar-refractivity contribution in [2.24, 2.45) is 0 Å². The molecule has 0 saturated carbocycles. The van der Waals surface area contributed by atoms with Crippen LogP contribution in [-0.2, 0) is 0 Å². The molecule has 0 aliphatic heterocycles. The molecule has 0 heterocycles. The minimum atomic E-state index is 0.0966. The molecule has 0 atom stereocenters. The van der Waals surface area contributed by atoms with Crippen LogP contribution in [0.3, 0.4) is 0 Å². The predicted molar refractivity (Wildman–Crippen MR) is 49.9 cm³/mol. The summed E-state index contributed by atoms with van der Waals surface area (Å²) < 4.78 is 0. The van der Waals surface area contributed by atoms with Crippen molar-refractivity contribution in [1.82, 2.24) is 0 Å². The van der Waals surface area contributed by atoms with Gasteiger partial charge in [0.1, 0.15) is 5.75 Å². The van der Waals surface area contributed by atoms with E-state index >= 15 is 0 Å². The summed E-state index contributed by atoms with van der Waals surface area (Å²) in [6, 6.07) is 5.17. The van der Waals surface area contributed by atoms with Gasteiger partial charge >= 0.3 is 0 Å². The summed E-state index contributed by atoms with van der Waals surface area (Å²) in [6.07, 6.45) is 0.662. The maximum atomic E-state index is 10.4. The number of phenols is 1. The zero-order valence-electron chi connectivity index (χ0n) is 6.78. The van der Waals surface area contributed by atoms with Crippen molar-refractivity contribution in [3.05, 3.63) is 23.8 Å². The van der Waals surface area contributed by atoms with E-state index in [0.717, 1.165) is 10.6 Å². The molecular weight excluding hydrogens is 172 g/mol. The molecule has 0 unspecified atom stereocenters. The Balaban J connectivity index is 3.04. The van der Waals surface area contributed by atoms with Gasteiger partial charge in [0.25, 0.3) is 0 Å². The molecule has 0 bridgehead atoms. The van der Waals surface area contributed by atoms with E-state index in [-0.39, 0.29) is 5.75 Å². The fourth-order valence-corrected chi connectivity index (χ4v) is 1.65.